The zero-order chi connectivity index (χ0) is 13.3. The minimum Gasteiger partial charge on any atom is -0.392 e. The molecular formula is C13H30N2O2. The number of rotatable bonds is 10. The highest BCUT2D eigenvalue weighted by molar-refractivity contribution is 4.61. The first-order valence-electron chi connectivity index (χ1n) is 6.57. The lowest BCUT2D eigenvalue weighted by atomic mass is 10.1. The number of hydrogen-bond acceptors (Lipinski definition) is 4. The molecule has 0 aromatic carbocycles. The second-order valence-electron chi connectivity index (χ2n) is 5.47. The van der Waals surface area contributed by atoms with Gasteiger partial charge in [-0.1, -0.05) is 19.3 Å². The van der Waals surface area contributed by atoms with Crippen molar-refractivity contribution in [2.75, 3.05) is 41.3 Å². The first-order chi connectivity index (χ1) is 7.91. The minimum absolute atomic E-state index is 0.211. The Morgan fingerprint density at radius 2 is 1.06 bits per heavy atom. The van der Waals surface area contributed by atoms with E-state index in [1.807, 2.05) is 38.0 Å². The van der Waals surface area contributed by atoms with Gasteiger partial charge in [-0.25, -0.2) is 0 Å². The number of nitrogens with zero attached hydrogens (tertiary/aromatic N) is 2. The van der Waals surface area contributed by atoms with Gasteiger partial charge in [0.15, 0.2) is 0 Å². The van der Waals surface area contributed by atoms with E-state index in [9.17, 15) is 10.2 Å². The maximum absolute atomic E-state index is 9.65. The fraction of sp³-hybridized carbons (Fsp3) is 1.00. The standard InChI is InChI=1S/C13H30N2O2/c1-14(2)10-12(16)8-6-5-7-9-13(17)11-15(3)4/h12-13,16-17H,5-11H2,1-4H3. The third kappa shape index (κ3) is 12.1. The van der Waals surface area contributed by atoms with E-state index < -0.39 is 0 Å². The van der Waals surface area contributed by atoms with Crippen molar-refractivity contribution in [2.24, 2.45) is 0 Å². The summed E-state index contributed by atoms with van der Waals surface area (Å²) in [7, 11) is 7.89. The van der Waals surface area contributed by atoms with Crippen LogP contribution < -0.4 is 0 Å². The van der Waals surface area contributed by atoms with Crippen molar-refractivity contribution in [3.8, 4) is 0 Å². The van der Waals surface area contributed by atoms with E-state index in [0.717, 1.165) is 45.2 Å². The summed E-state index contributed by atoms with van der Waals surface area (Å²) in [4.78, 5) is 4.01. The van der Waals surface area contributed by atoms with Gasteiger partial charge in [0.05, 0.1) is 12.2 Å². The highest BCUT2D eigenvalue weighted by Crippen LogP contribution is 2.08. The zero-order valence-electron chi connectivity index (χ0n) is 11.9. The third-order valence-electron chi connectivity index (χ3n) is 2.73. The van der Waals surface area contributed by atoms with Gasteiger partial charge in [0.2, 0.25) is 0 Å². The van der Waals surface area contributed by atoms with Crippen LogP contribution in [0, 0.1) is 0 Å². The van der Waals surface area contributed by atoms with Crippen molar-refractivity contribution in [1.29, 1.82) is 0 Å². The largest absolute Gasteiger partial charge is 0.392 e. The summed E-state index contributed by atoms with van der Waals surface area (Å²) in [6.07, 6.45) is 4.49. The van der Waals surface area contributed by atoms with Gasteiger partial charge in [-0.2, -0.15) is 0 Å². The van der Waals surface area contributed by atoms with Crippen LogP contribution in [0.2, 0.25) is 0 Å². The summed E-state index contributed by atoms with van der Waals surface area (Å²) in [5, 5.41) is 19.3. The molecule has 4 heteroatoms. The molecule has 2 atom stereocenters. The Morgan fingerprint density at radius 1 is 0.706 bits per heavy atom. The zero-order valence-corrected chi connectivity index (χ0v) is 11.9. The summed E-state index contributed by atoms with van der Waals surface area (Å²) in [5.74, 6) is 0. The fourth-order valence-corrected chi connectivity index (χ4v) is 1.96. The first kappa shape index (κ1) is 16.8. The fourth-order valence-electron chi connectivity index (χ4n) is 1.96. The number of aliphatic hydroxyl groups is 2. The molecule has 0 fully saturated rings. The van der Waals surface area contributed by atoms with Crippen LogP contribution in [-0.2, 0) is 0 Å². The van der Waals surface area contributed by atoms with Gasteiger partial charge in [0, 0.05) is 13.1 Å². The van der Waals surface area contributed by atoms with Crippen LogP contribution in [0.4, 0.5) is 0 Å². The van der Waals surface area contributed by atoms with Crippen LogP contribution in [0.5, 0.6) is 0 Å². The molecule has 0 heterocycles. The van der Waals surface area contributed by atoms with E-state index in [-0.39, 0.29) is 12.2 Å². The minimum atomic E-state index is -0.211. The van der Waals surface area contributed by atoms with Crippen molar-refractivity contribution in [1.82, 2.24) is 9.80 Å². The molecular weight excluding hydrogens is 216 g/mol. The second-order valence-corrected chi connectivity index (χ2v) is 5.47. The van der Waals surface area contributed by atoms with E-state index in [0.29, 0.717) is 0 Å². The Labute approximate surface area is 106 Å². The Kier molecular flexibility index (Phi) is 9.74. The Hall–Kier alpha value is -0.160. The molecule has 0 spiro atoms. The van der Waals surface area contributed by atoms with Gasteiger partial charge in [-0.05, 0) is 41.0 Å². The van der Waals surface area contributed by atoms with Crippen molar-refractivity contribution in [3.05, 3.63) is 0 Å². The summed E-state index contributed by atoms with van der Waals surface area (Å²) >= 11 is 0. The van der Waals surface area contributed by atoms with Gasteiger partial charge in [0.1, 0.15) is 0 Å². The average molecular weight is 246 g/mol. The molecule has 0 aromatic heterocycles. The number of likely N-dealkylation sites (N-methyl/N-ethyl adjacent to an activating group) is 2. The van der Waals surface area contributed by atoms with Crippen molar-refractivity contribution >= 4 is 0 Å². The maximum Gasteiger partial charge on any atom is 0.0666 e. The summed E-state index contributed by atoms with van der Waals surface area (Å²) in [6, 6.07) is 0. The van der Waals surface area contributed by atoms with Crippen molar-refractivity contribution in [3.63, 3.8) is 0 Å². The Morgan fingerprint density at radius 3 is 1.35 bits per heavy atom. The van der Waals surface area contributed by atoms with Crippen LogP contribution in [0.1, 0.15) is 32.1 Å². The average Bonchev–Trinajstić information content (AvgIpc) is 2.14. The highest BCUT2D eigenvalue weighted by Gasteiger charge is 2.07. The number of unbranched alkanes of at least 4 members (excludes halogenated alkanes) is 2. The molecule has 0 amide bonds. The molecule has 0 radical (unpaired) electrons. The predicted octanol–water partition coefficient (Wildman–Crippen LogP) is 0.782. The summed E-state index contributed by atoms with van der Waals surface area (Å²) in [6.45, 7) is 1.48. The lowest BCUT2D eigenvalue weighted by Crippen LogP contribution is -2.26. The molecule has 0 aliphatic carbocycles. The van der Waals surface area contributed by atoms with E-state index in [1.165, 1.54) is 0 Å². The summed E-state index contributed by atoms with van der Waals surface area (Å²) < 4.78 is 0. The van der Waals surface area contributed by atoms with Crippen molar-refractivity contribution < 1.29 is 10.2 Å². The van der Waals surface area contributed by atoms with Crippen LogP contribution in [0.15, 0.2) is 0 Å². The topological polar surface area (TPSA) is 46.9 Å². The molecule has 2 unspecified atom stereocenters. The van der Waals surface area contributed by atoms with E-state index in [1.54, 1.807) is 0 Å². The second kappa shape index (κ2) is 9.83. The van der Waals surface area contributed by atoms with E-state index >= 15 is 0 Å². The number of aliphatic hydroxyl groups excluding tert-OH is 2. The van der Waals surface area contributed by atoms with E-state index in [4.69, 9.17) is 0 Å². The van der Waals surface area contributed by atoms with Gasteiger partial charge < -0.3 is 20.0 Å². The summed E-state index contributed by atoms with van der Waals surface area (Å²) in [5.41, 5.74) is 0. The van der Waals surface area contributed by atoms with Crippen LogP contribution in [-0.4, -0.2) is 73.5 Å². The molecule has 0 rings (SSSR count). The lowest BCUT2D eigenvalue weighted by molar-refractivity contribution is 0.118. The Balaban J connectivity index is 3.34. The van der Waals surface area contributed by atoms with Crippen molar-refractivity contribution in [2.45, 2.75) is 44.3 Å². The van der Waals surface area contributed by atoms with Gasteiger partial charge in [0.25, 0.3) is 0 Å². The van der Waals surface area contributed by atoms with Gasteiger partial charge in [-0.3, -0.25) is 0 Å². The maximum atomic E-state index is 9.65. The lowest BCUT2D eigenvalue weighted by Gasteiger charge is -2.17. The normalized spacial score (nSPS) is 15.5. The molecule has 0 bridgehead atoms. The van der Waals surface area contributed by atoms with Crippen LogP contribution in [0.25, 0.3) is 0 Å². The quantitative estimate of drug-likeness (QED) is 0.559. The first-order valence-corrected chi connectivity index (χ1v) is 6.57. The monoisotopic (exact) mass is 246 g/mol. The molecule has 0 saturated heterocycles. The molecule has 2 N–H and O–H groups in total. The number of hydrogen-bond donors (Lipinski definition) is 2. The Bertz CT molecular complexity index is 157. The van der Waals surface area contributed by atoms with Gasteiger partial charge >= 0.3 is 0 Å². The third-order valence-corrected chi connectivity index (χ3v) is 2.73. The molecule has 104 valence electrons. The molecule has 4 nitrogen and oxygen atoms in total. The molecule has 17 heavy (non-hydrogen) atoms. The molecule has 0 aliphatic heterocycles. The van der Waals surface area contributed by atoms with Crippen LogP contribution in [0.3, 0.4) is 0 Å². The molecule has 0 aliphatic rings. The van der Waals surface area contributed by atoms with Crippen LogP contribution >= 0.6 is 0 Å². The van der Waals surface area contributed by atoms with E-state index in [2.05, 4.69) is 0 Å². The van der Waals surface area contributed by atoms with Gasteiger partial charge in [-0.15, -0.1) is 0 Å². The highest BCUT2D eigenvalue weighted by atomic mass is 16.3. The smallest absolute Gasteiger partial charge is 0.0666 e. The molecule has 0 aromatic rings. The molecule has 0 saturated carbocycles. The predicted molar refractivity (Wildman–Crippen MR) is 72.2 cm³/mol. The SMILES string of the molecule is CN(C)CC(O)CCCCCC(O)CN(C)C.